The van der Waals surface area contributed by atoms with Crippen LogP contribution in [0.1, 0.15) is 28.7 Å². The van der Waals surface area contributed by atoms with Gasteiger partial charge in [0.1, 0.15) is 0 Å². The van der Waals surface area contributed by atoms with E-state index in [1.165, 1.54) is 27.8 Å². The Balaban J connectivity index is 0.00000243. The maximum absolute atomic E-state index is 5.91. The van der Waals surface area contributed by atoms with Crippen LogP contribution in [0.15, 0.2) is 54.6 Å². The van der Waals surface area contributed by atoms with E-state index in [1.54, 1.807) is 0 Å². The molecule has 3 rings (SSSR count). The Kier molecular flexibility index (Phi) is 9.01. The van der Waals surface area contributed by atoms with Crippen molar-refractivity contribution in [2.45, 2.75) is 19.3 Å². The third-order valence-corrected chi connectivity index (χ3v) is 5.21. The van der Waals surface area contributed by atoms with Gasteiger partial charge in [0.05, 0.1) is 0 Å². The number of fused-ring (bicyclic) bond motifs is 2. The molecule has 0 atom stereocenters. The van der Waals surface area contributed by atoms with E-state index in [9.17, 15) is 0 Å². The number of alkyl halides is 2. The number of rotatable bonds is 7. The monoisotopic (exact) mass is 409 g/mol. The summed E-state index contributed by atoms with van der Waals surface area (Å²) < 4.78 is 0. The minimum absolute atomic E-state index is 0. The summed E-state index contributed by atoms with van der Waals surface area (Å²) in [4.78, 5) is 2.34. The van der Waals surface area contributed by atoms with Gasteiger partial charge in [0.2, 0.25) is 0 Å². The lowest BCUT2D eigenvalue weighted by Gasteiger charge is -2.19. The molecule has 0 radical (unpaired) electrons. The van der Waals surface area contributed by atoms with E-state index in [2.05, 4.69) is 59.5 Å². The van der Waals surface area contributed by atoms with Crippen molar-refractivity contribution in [2.75, 3.05) is 31.4 Å². The lowest BCUT2D eigenvalue weighted by molar-refractivity contribution is 0.314. The van der Waals surface area contributed by atoms with Crippen molar-refractivity contribution in [1.82, 2.24) is 4.90 Å². The molecule has 1 nitrogen and oxygen atoms in total. The Bertz CT molecular complexity index is 671. The van der Waals surface area contributed by atoms with Gasteiger partial charge in [0.15, 0.2) is 0 Å². The molecule has 0 amide bonds. The second-order valence-corrected chi connectivity index (χ2v) is 7.20. The van der Waals surface area contributed by atoms with Crippen LogP contribution in [-0.2, 0) is 12.8 Å². The molecule has 4 heteroatoms. The standard InChI is InChI=1S/C22H25Cl2N.ClH/c23-13-16-25(17-14-24)15-5-10-22-20-8-3-1-6-18(20)11-12-19-7-2-4-9-21(19)22;/h1-4,6-10H,5,11-17H2;1H. The van der Waals surface area contributed by atoms with Crippen LogP contribution in [0.2, 0.25) is 0 Å². The quantitative estimate of drug-likeness (QED) is 0.521. The van der Waals surface area contributed by atoms with Crippen LogP contribution in [0.4, 0.5) is 0 Å². The van der Waals surface area contributed by atoms with Crippen LogP contribution in [0.3, 0.4) is 0 Å². The number of hydrogen-bond donors (Lipinski definition) is 0. The van der Waals surface area contributed by atoms with Crippen molar-refractivity contribution in [3.8, 4) is 0 Å². The van der Waals surface area contributed by atoms with Gasteiger partial charge in [-0.15, -0.1) is 35.6 Å². The van der Waals surface area contributed by atoms with Gasteiger partial charge in [-0.3, -0.25) is 0 Å². The van der Waals surface area contributed by atoms with Crippen LogP contribution in [-0.4, -0.2) is 36.3 Å². The fourth-order valence-corrected chi connectivity index (χ4v) is 4.08. The Hall–Kier alpha value is -0.990. The predicted octanol–water partition coefficient (Wildman–Crippen LogP) is 5.81. The zero-order valence-corrected chi connectivity index (χ0v) is 17.3. The molecule has 1 aliphatic rings. The predicted molar refractivity (Wildman–Crippen MR) is 117 cm³/mol. The Labute approximate surface area is 173 Å². The number of benzene rings is 2. The van der Waals surface area contributed by atoms with Crippen molar-refractivity contribution in [1.29, 1.82) is 0 Å². The number of halogens is 3. The first-order valence-corrected chi connectivity index (χ1v) is 10.1. The van der Waals surface area contributed by atoms with Crippen LogP contribution in [0, 0.1) is 0 Å². The molecule has 0 heterocycles. The second-order valence-electron chi connectivity index (χ2n) is 6.44. The normalized spacial score (nSPS) is 12.8. The van der Waals surface area contributed by atoms with Gasteiger partial charge >= 0.3 is 0 Å². The molecular weight excluding hydrogens is 385 g/mol. The van der Waals surface area contributed by atoms with Gasteiger partial charge in [-0.05, 0) is 47.1 Å². The molecular formula is C22H26Cl3N. The van der Waals surface area contributed by atoms with Crippen LogP contribution < -0.4 is 0 Å². The summed E-state index contributed by atoms with van der Waals surface area (Å²) >= 11 is 11.8. The first kappa shape index (κ1) is 21.3. The zero-order valence-electron chi connectivity index (χ0n) is 15.0. The first-order valence-electron chi connectivity index (χ1n) is 9.04. The molecule has 26 heavy (non-hydrogen) atoms. The van der Waals surface area contributed by atoms with E-state index < -0.39 is 0 Å². The zero-order chi connectivity index (χ0) is 17.5. The molecule has 2 aromatic carbocycles. The maximum Gasteiger partial charge on any atom is 0.0351 e. The van der Waals surface area contributed by atoms with E-state index in [0.29, 0.717) is 11.8 Å². The molecule has 140 valence electrons. The smallest absolute Gasteiger partial charge is 0.0351 e. The summed E-state index contributed by atoms with van der Waals surface area (Å²) in [5.74, 6) is 1.30. The molecule has 0 aromatic heterocycles. The van der Waals surface area contributed by atoms with E-state index in [1.807, 2.05) is 0 Å². The highest BCUT2D eigenvalue weighted by Crippen LogP contribution is 2.33. The summed E-state index contributed by atoms with van der Waals surface area (Å²) in [5, 5.41) is 0. The van der Waals surface area contributed by atoms with Crippen LogP contribution >= 0.6 is 35.6 Å². The van der Waals surface area contributed by atoms with Crippen molar-refractivity contribution in [3.05, 3.63) is 76.9 Å². The largest absolute Gasteiger partial charge is 0.301 e. The molecule has 0 saturated heterocycles. The molecule has 0 bridgehead atoms. The van der Waals surface area contributed by atoms with Crippen molar-refractivity contribution < 1.29 is 0 Å². The van der Waals surface area contributed by atoms with Crippen LogP contribution in [0.5, 0.6) is 0 Å². The minimum Gasteiger partial charge on any atom is -0.301 e. The third-order valence-electron chi connectivity index (χ3n) is 4.87. The third kappa shape index (κ3) is 5.27. The van der Waals surface area contributed by atoms with Gasteiger partial charge in [0, 0.05) is 31.4 Å². The maximum atomic E-state index is 5.91. The highest BCUT2D eigenvalue weighted by atomic mass is 35.5. The molecule has 0 aliphatic heterocycles. The molecule has 0 spiro atoms. The van der Waals surface area contributed by atoms with Gasteiger partial charge < -0.3 is 4.90 Å². The Morgan fingerprint density at radius 2 is 1.27 bits per heavy atom. The molecule has 0 saturated carbocycles. The summed E-state index contributed by atoms with van der Waals surface area (Å²) in [6.07, 6.45) is 5.62. The van der Waals surface area contributed by atoms with Crippen molar-refractivity contribution >= 4 is 41.2 Å². The highest BCUT2D eigenvalue weighted by Gasteiger charge is 2.17. The highest BCUT2D eigenvalue weighted by molar-refractivity contribution is 6.18. The number of nitrogens with zero attached hydrogens (tertiary/aromatic N) is 1. The average Bonchev–Trinajstić information content (AvgIpc) is 2.80. The first-order chi connectivity index (χ1) is 12.3. The molecule has 1 aliphatic carbocycles. The van der Waals surface area contributed by atoms with E-state index in [4.69, 9.17) is 23.2 Å². The molecule has 0 unspecified atom stereocenters. The minimum atomic E-state index is 0. The Morgan fingerprint density at radius 3 is 1.77 bits per heavy atom. The molecule has 2 aromatic rings. The van der Waals surface area contributed by atoms with E-state index >= 15 is 0 Å². The molecule has 0 N–H and O–H groups in total. The molecule has 0 fully saturated rings. The van der Waals surface area contributed by atoms with E-state index in [0.717, 1.165) is 38.9 Å². The fourth-order valence-electron chi connectivity index (χ4n) is 3.60. The van der Waals surface area contributed by atoms with Gasteiger partial charge in [-0.25, -0.2) is 0 Å². The topological polar surface area (TPSA) is 3.24 Å². The number of aryl methyl sites for hydroxylation is 2. The van der Waals surface area contributed by atoms with Crippen molar-refractivity contribution in [3.63, 3.8) is 0 Å². The average molecular weight is 411 g/mol. The van der Waals surface area contributed by atoms with Gasteiger partial charge in [-0.2, -0.15) is 0 Å². The Morgan fingerprint density at radius 1 is 0.769 bits per heavy atom. The van der Waals surface area contributed by atoms with Crippen LogP contribution in [0.25, 0.3) is 5.57 Å². The van der Waals surface area contributed by atoms with Gasteiger partial charge in [-0.1, -0.05) is 54.6 Å². The summed E-state index contributed by atoms with van der Waals surface area (Å²) in [6, 6.07) is 17.6. The summed E-state index contributed by atoms with van der Waals surface area (Å²) in [5.41, 5.74) is 7.04. The summed E-state index contributed by atoms with van der Waals surface area (Å²) in [6.45, 7) is 2.78. The summed E-state index contributed by atoms with van der Waals surface area (Å²) in [7, 11) is 0. The lowest BCUT2D eigenvalue weighted by atomic mass is 9.93. The number of hydrogen-bond acceptors (Lipinski definition) is 1. The van der Waals surface area contributed by atoms with Gasteiger partial charge in [0.25, 0.3) is 0 Å². The SMILES string of the molecule is Cl.ClCCN(CCCl)CCC=C1c2ccccc2CCc2ccccc21. The second kappa shape index (κ2) is 11.0. The lowest BCUT2D eigenvalue weighted by Crippen LogP contribution is -2.28. The van der Waals surface area contributed by atoms with E-state index in [-0.39, 0.29) is 12.4 Å². The fraction of sp³-hybridized carbons (Fsp3) is 0.364. The van der Waals surface area contributed by atoms with Crippen molar-refractivity contribution in [2.24, 2.45) is 0 Å².